The second-order valence-corrected chi connectivity index (χ2v) is 5.95. The van der Waals surface area contributed by atoms with Crippen molar-refractivity contribution in [3.63, 3.8) is 0 Å². The van der Waals surface area contributed by atoms with E-state index in [0.29, 0.717) is 22.2 Å². The Kier molecular flexibility index (Phi) is 3.78. The van der Waals surface area contributed by atoms with Crippen molar-refractivity contribution < 1.29 is 13.9 Å². The molecule has 6 heteroatoms. The molecule has 0 saturated carbocycles. The predicted molar refractivity (Wildman–Crippen MR) is 97.5 cm³/mol. The van der Waals surface area contributed by atoms with Crippen LogP contribution in [0.25, 0.3) is 22.0 Å². The Bertz CT molecular complexity index is 1100. The van der Waals surface area contributed by atoms with Crippen LogP contribution in [0.3, 0.4) is 0 Å². The normalized spacial score (nSPS) is 11.0. The lowest BCUT2D eigenvalue weighted by Crippen LogP contribution is -2.10. The molecule has 0 aliphatic rings. The van der Waals surface area contributed by atoms with E-state index < -0.39 is 0 Å². The number of carbonyl (C=O) groups excluding carboxylic acids is 1. The summed E-state index contributed by atoms with van der Waals surface area (Å²) in [4.78, 5) is 16.9. The summed E-state index contributed by atoms with van der Waals surface area (Å²) in [6, 6.07) is 16.1. The highest BCUT2D eigenvalue weighted by Crippen LogP contribution is 2.26. The number of ether oxygens (including phenoxy) is 1. The number of fused-ring (bicyclic) bond motifs is 2. The van der Waals surface area contributed by atoms with Crippen molar-refractivity contribution >= 4 is 45.2 Å². The van der Waals surface area contributed by atoms with Gasteiger partial charge in [0.1, 0.15) is 5.75 Å². The average molecular weight is 353 g/mol. The lowest BCUT2D eigenvalue weighted by atomic mass is 10.2. The van der Waals surface area contributed by atoms with Gasteiger partial charge < -0.3 is 14.5 Å². The maximum Gasteiger partial charge on any atom is 0.291 e. The van der Waals surface area contributed by atoms with E-state index in [1.807, 2.05) is 24.3 Å². The number of benzene rings is 2. The Morgan fingerprint density at radius 3 is 2.80 bits per heavy atom. The molecule has 4 rings (SSSR count). The number of carbonyl (C=O) groups is 1. The van der Waals surface area contributed by atoms with Crippen LogP contribution in [0.2, 0.25) is 5.02 Å². The van der Waals surface area contributed by atoms with Gasteiger partial charge in [0, 0.05) is 27.5 Å². The number of methoxy groups -OCH3 is 1. The third-order valence-electron chi connectivity index (χ3n) is 3.82. The molecule has 2 aromatic carbocycles. The zero-order valence-electron chi connectivity index (χ0n) is 13.2. The molecule has 0 saturated heterocycles. The molecule has 0 aliphatic heterocycles. The zero-order chi connectivity index (χ0) is 17.4. The van der Waals surface area contributed by atoms with Crippen molar-refractivity contribution in [1.29, 1.82) is 0 Å². The highest BCUT2D eigenvalue weighted by molar-refractivity contribution is 6.31. The highest BCUT2D eigenvalue weighted by atomic mass is 35.5. The summed E-state index contributed by atoms with van der Waals surface area (Å²) < 4.78 is 10.8. The number of anilines is 1. The summed E-state index contributed by atoms with van der Waals surface area (Å²) in [5.74, 6) is 0.538. The number of aromatic nitrogens is 1. The Balaban J connectivity index is 1.70. The number of nitrogens with one attached hydrogen (secondary N) is 1. The number of amides is 1. The minimum atomic E-state index is -0.359. The van der Waals surface area contributed by atoms with Gasteiger partial charge in [-0.05, 0) is 42.5 Å². The second-order valence-electron chi connectivity index (χ2n) is 5.52. The van der Waals surface area contributed by atoms with Crippen LogP contribution >= 0.6 is 11.6 Å². The molecule has 0 fully saturated rings. The van der Waals surface area contributed by atoms with E-state index in [0.717, 1.165) is 16.3 Å². The first-order valence-corrected chi connectivity index (χ1v) is 7.95. The molecule has 0 spiro atoms. The topological polar surface area (TPSA) is 64.4 Å². The minimum absolute atomic E-state index is 0.185. The summed E-state index contributed by atoms with van der Waals surface area (Å²) in [7, 11) is 1.60. The van der Waals surface area contributed by atoms with Crippen molar-refractivity contribution in [1.82, 2.24) is 4.98 Å². The number of halogens is 1. The molecular weight excluding hydrogens is 340 g/mol. The third kappa shape index (κ3) is 3.02. The monoisotopic (exact) mass is 352 g/mol. The Morgan fingerprint density at radius 2 is 2.00 bits per heavy atom. The van der Waals surface area contributed by atoms with E-state index in [9.17, 15) is 4.79 Å². The number of hydrogen-bond donors (Lipinski definition) is 1. The summed E-state index contributed by atoms with van der Waals surface area (Å²) in [6.45, 7) is 0. The van der Waals surface area contributed by atoms with Crippen LogP contribution in [0.1, 0.15) is 10.6 Å². The maximum absolute atomic E-state index is 12.4. The van der Waals surface area contributed by atoms with Crippen LogP contribution in [0.15, 0.2) is 59.0 Å². The van der Waals surface area contributed by atoms with E-state index >= 15 is 0 Å². The first kappa shape index (κ1) is 15.5. The Labute approximate surface area is 148 Å². The minimum Gasteiger partial charge on any atom is -0.497 e. The molecule has 2 heterocycles. The summed E-state index contributed by atoms with van der Waals surface area (Å²) in [5, 5.41) is 5.00. The molecule has 25 heavy (non-hydrogen) atoms. The summed E-state index contributed by atoms with van der Waals surface area (Å²) in [6.07, 6.45) is 0. The fraction of sp³-hybridized carbons (Fsp3) is 0.0526. The molecule has 4 aromatic rings. The number of nitrogens with zero attached hydrogens (tertiary/aromatic N) is 1. The first-order valence-electron chi connectivity index (χ1n) is 7.58. The van der Waals surface area contributed by atoms with Crippen molar-refractivity contribution in [2.75, 3.05) is 12.4 Å². The van der Waals surface area contributed by atoms with Gasteiger partial charge in [0.05, 0.1) is 12.6 Å². The SMILES string of the molecule is COc1ccc2cc3cc(C(=O)Nc4cccc(Cl)c4)oc3nc2c1. The van der Waals surface area contributed by atoms with Gasteiger partial charge >= 0.3 is 0 Å². The summed E-state index contributed by atoms with van der Waals surface area (Å²) in [5.41, 5.74) is 1.74. The van der Waals surface area contributed by atoms with E-state index in [1.54, 1.807) is 37.4 Å². The molecule has 1 N–H and O–H groups in total. The van der Waals surface area contributed by atoms with Crippen LogP contribution in [-0.4, -0.2) is 18.0 Å². The van der Waals surface area contributed by atoms with Crippen LogP contribution in [0.5, 0.6) is 5.75 Å². The lowest BCUT2D eigenvalue weighted by Gasteiger charge is -2.02. The molecule has 1 amide bonds. The van der Waals surface area contributed by atoms with Gasteiger partial charge in [-0.1, -0.05) is 17.7 Å². The molecule has 0 unspecified atom stereocenters. The van der Waals surface area contributed by atoms with Crippen molar-refractivity contribution in [3.05, 3.63) is 65.4 Å². The highest BCUT2D eigenvalue weighted by Gasteiger charge is 2.14. The number of rotatable bonds is 3. The fourth-order valence-corrected chi connectivity index (χ4v) is 2.79. The van der Waals surface area contributed by atoms with Crippen LogP contribution in [0.4, 0.5) is 5.69 Å². The fourth-order valence-electron chi connectivity index (χ4n) is 2.60. The van der Waals surface area contributed by atoms with Gasteiger partial charge in [-0.25, -0.2) is 4.98 Å². The molecular formula is C19H13ClN2O3. The maximum atomic E-state index is 12.4. The van der Waals surface area contributed by atoms with Crippen LogP contribution in [0, 0.1) is 0 Å². The average Bonchev–Trinajstić information content (AvgIpc) is 3.02. The van der Waals surface area contributed by atoms with Crippen molar-refractivity contribution in [3.8, 4) is 5.75 Å². The first-order chi connectivity index (χ1) is 12.1. The van der Waals surface area contributed by atoms with Gasteiger partial charge in [0.25, 0.3) is 5.91 Å². The Morgan fingerprint density at radius 1 is 1.12 bits per heavy atom. The van der Waals surface area contributed by atoms with Crippen LogP contribution < -0.4 is 10.1 Å². The number of furan rings is 1. The molecule has 0 atom stereocenters. The zero-order valence-corrected chi connectivity index (χ0v) is 14.0. The second kappa shape index (κ2) is 6.11. The molecule has 2 aromatic heterocycles. The largest absolute Gasteiger partial charge is 0.497 e. The van der Waals surface area contributed by atoms with Gasteiger partial charge in [-0.3, -0.25) is 4.79 Å². The lowest BCUT2D eigenvalue weighted by molar-refractivity contribution is 0.0998. The molecule has 0 radical (unpaired) electrons. The number of hydrogen-bond acceptors (Lipinski definition) is 4. The van der Waals surface area contributed by atoms with E-state index in [2.05, 4.69) is 10.3 Å². The molecule has 124 valence electrons. The molecule has 0 bridgehead atoms. The van der Waals surface area contributed by atoms with Gasteiger partial charge in [-0.2, -0.15) is 0 Å². The summed E-state index contributed by atoms with van der Waals surface area (Å²) >= 11 is 5.93. The predicted octanol–water partition coefficient (Wildman–Crippen LogP) is 4.90. The van der Waals surface area contributed by atoms with Gasteiger partial charge in [-0.15, -0.1) is 0 Å². The quantitative estimate of drug-likeness (QED) is 0.569. The smallest absolute Gasteiger partial charge is 0.291 e. The Hall–Kier alpha value is -3.05. The molecule has 5 nitrogen and oxygen atoms in total. The van der Waals surface area contributed by atoms with Crippen LogP contribution in [-0.2, 0) is 0 Å². The number of pyridine rings is 1. The standard InChI is InChI=1S/C19H13ClN2O3/c1-24-15-6-5-11-7-12-8-17(25-19(12)22-16(11)10-15)18(23)21-14-4-2-3-13(20)9-14/h2-10H,1H3,(H,21,23). The van der Waals surface area contributed by atoms with E-state index in [4.69, 9.17) is 20.8 Å². The van der Waals surface area contributed by atoms with Crippen molar-refractivity contribution in [2.45, 2.75) is 0 Å². The van der Waals surface area contributed by atoms with Crippen molar-refractivity contribution in [2.24, 2.45) is 0 Å². The van der Waals surface area contributed by atoms with E-state index in [1.165, 1.54) is 0 Å². The van der Waals surface area contributed by atoms with Gasteiger partial charge in [0.2, 0.25) is 5.71 Å². The third-order valence-corrected chi connectivity index (χ3v) is 4.05. The van der Waals surface area contributed by atoms with Gasteiger partial charge in [0.15, 0.2) is 5.76 Å². The molecule has 0 aliphatic carbocycles. The van der Waals surface area contributed by atoms with E-state index in [-0.39, 0.29) is 11.7 Å².